The molecule has 0 aromatic heterocycles. The van der Waals surface area contributed by atoms with Crippen molar-refractivity contribution < 1.29 is 14.7 Å². The number of aliphatic imine (C=N–C) groups is 1. The van der Waals surface area contributed by atoms with Gasteiger partial charge in [-0.1, -0.05) is 6.07 Å². The third-order valence-electron chi connectivity index (χ3n) is 5.05. The molecule has 1 atom stereocenters. The Bertz CT molecular complexity index is 730. The van der Waals surface area contributed by atoms with E-state index >= 15 is 0 Å². The van der Waals surface area contributed by atoms with Crippen LogP contribution in [0.2, 0.25) is 0 Å². The summed E-state index contributed by atoms with van der Waals surface area (Å²) in [4.78, 5) is 29.7. The molecule has 9 heteroatoms. The maximum absolute atomic E-state index is 12.2. The Morgan fingerprint density at radius 3 is 2.82 bits per heavy atom. The first-order valence-corrected chi connectivity index (χ1v) is 9.69. The predicted octanol–water partition coefficient (Wildman–Crippen LogP) is 0.192. The zero-order chi connectivity index (χ0) is 19.9. The molecule has 2 aliphatic heterocycles. The maximum Gasteiger partial charge on any atom is 0.322 e. The minimum atomic E-state index is -1.11. The number of guanidine groups is 1. The average Bonchev–Trinajstić information content (AvgIpc) is 2.72. The van der Waals surface area contributed by atoms with Crippen molar-refractivity contribution in [3.63, 3.8) is 0 Å². The lowest BCUT2D eigenvalue weighted by molar-refractivity contribution is -0.138. The van der Waals surface area contributed by atoms with Crippen LogP contribution in [0.25, 0.3) is 0 Å². The van der Waals surface area contributed by atoms with Crippen LogP contribution in [0.1, 0.15) is 19.3 Å². The molecule has 1 fully saturated rings. The van der Waals surface area contributed by atoms with Gasteiger partial charge in [-0.3, -0.25) is 14.6 Å². The number of carboxylic acid groups (broad SMARTS) is 1. The standard InChI is InChI=1S/C19H28N6O3/c20-16(18(27)28)12-23-17(26)13-5-9-25(10-6-13)15-4-1-3-14(11-15)24-19-21-7-2-8-22-19/h1,3-4,11,13,16H,2,5-10,12,20H2,(H,23,26)(H,27,28)(H2,21,22,24). The van der Waals surface area contributed by atoms with Gasteiger partial charge in [-0.25, -0.2) is 0 Å². The number of amides is 1. The summed E-state index contributed by atoms with van der Waals surface area (Å²) in [6.45, 7) is 3.26. The third-order valence-corrected chi connectivity index (χ3v) is 5.05. The van der Waals surface area contributed by atoms with E-state index in [1.54, 1.807) is 0 Å². The Balaban J connectivity index is 1.50. The fraction of sp³-hybridized carbons (Fsp3) is 0.526. The van der Waals surface area contributed by atoms with Gasteiger partial charge in [0.15, 0.2) is 5.96 Å². The fourth-order valence-electron chi connectivity index (χ4n) is 3.38. The second-order valence-corrected chi connectivity index (χ2v) is 7.14. The van der Waals surface area contributed by atoms with Gasteiger partial charge < -0.3 is 31.7 Å². The lowest BCUT2D eigenvalue weighted by Gasteiger charge is -2.33. The van der Waals surface area contributed by atoms with E-state index in [1.807, 2.05) is 12.1 Å². The minimum Gasteiger partial charge on any atom is -0.480 e. The highest BCUT2D eigenvalue weighted by atomic mass is 16.4. The zero-order valence-electron chi connectivity index (χ0n) is 15.9. The highest BCUT2D eigenvalue weighted by Crippen LogP contribution is 2.25. The molecule has 1 amide bonds. The number of nitrogens with one attached hydrogen (secondary N) is 3. The summed E-state index contributed by atoms with van der Waals surface area (Å²) < 4.78 is 0. The Morgan fingerprint density at radius 2 is 2.14 bits per heavy atom. The van der Waals surface area contributed by atoms with E-state index in [0.29, 0.717) is 0 Å². The van der Waals surface area contributed by atoms with Gasteiger partial charge in [0.1, 0.15) is 6.04 Å². The topological polar surface area (TPSA) is 132 Å². The molecule has 0 bridgehead atoms. The van der Waals surface area contributed by atoms with Gasteiger partial charge in [-0.15, -0.1) is 0 Å². The largest absolute Gasteiger partial charge is 0.480 e. The van der Waals surface area contributed by atoms with Crippen molar-refractivity contribution in [3.05, 3.63) is 24.3 Å². The number of anilines is 2. The van der Waals surface area contributed by atoms with Crippen LogP contribution < -0.4 is 26.6 Å². The number of piperidine rings is 1. The highest BCUT2D eigenvalue weighted by molar-refractivity contribution is 5.94. The number of hydrogen-bond donors (Lipinski definition) is 5. The van der Waals surface area contributed by atoms with Crippen molar-refractivity contribution in [1.82, 2.24) is 10.6 Å². The van der Waals surface area contributed by atoms with Crippen LogP contribution in [0, 0.1) is 5.92 Å². The van der Waals surface area contributed by atoms with Gasteiger partial charge in [-0.05, 0) is 37.5 Å². The monoisotopic (exact) mass is 388 g/mol. The molecular formula is C19H28N6O3. The molecule has 1 aromatic rings. The number of carbonyl (C=O) groups is 2. The molecule has 1 saturated heterocycles. The SMILES string of the molecule is NC(CNC(=O)C1CCN(c2cccc(NC3=NCCCN3)c2)CC1)C(=O)O. The molecule has 2 heterocycles. The summed E-state index contributed by atoms with van der Waals surface area (Å²) in [5.41, 5.74) is 7.52. The first-order chi connectivity index (χ1) is 13.5. The minimum absolute atomic E-state index is 0.0416. The van der Waals surface area contributed by atoms with Crippen molar-refractivity contribution in [2.75, 3.05) is 42.9 Å². The van der Waals surface area contributed by atoms with Crippen molar-refractivity contribution in [2.24, 2.45) is 16.6 Å². The average molecular weight is 388 g/mol. The quantitative estimate of drug-likeness (QED) is 0.470. The van der Waals surface area contributed by atoms with Crippen LogP contribution in [-0.2, 0) is 9.59 Å². The lowest BCUT2D eigenvalue weighted by atomic mass is 9.95. The molecule has 152 valence electrons. The van der Waals surface area contributed by atoms with E-state index in [4.69, 9.17) is 10.8 Å². The van der Waals surface area contributed by atoms with Crippen LogP contribution in [0.5, 0.6) is 0 Å². The van der Waals surface area contributed by atoms with Crippen molar-refractivity contribution in [1.29, 1.82) is 0 Å². The van der Waals surface area contributed by atoms with Gasteiger partial charge in [-0.2, -0.15) is 0 Å². The maximum atomic E-state index is 12.2. The second-order valence-electron chi connectivity index (χ2n) is 7.14. The predicted molar refractivity (Wildman–Crippen MR) is 109 cm³/mol. The Morgan fingerprint density at radius 1 is 1.36 bits per heavy atom. The van der Waals surface area contributed by atoms with E-state index in [2.05, 4.69) is 38.0 Å². The van der Waals surface area contributed by atoms with E-state index < -0.39 is 12.0 Å². The number of benzene rings is 1. The molecule has 0 radical (unpaired) electrons. The van der Waals surface area contributed by atoms with Gasteiger partial charge in [0.2, 0.25) is 5.91 Å². The fourth-order valence-corrected chi connectivity index (χ4v) is 3.38. The summed E-state index contributed by atoms with van der Waals surface area (Å²) in [5, 5.41) is 18.0. The molecule has 2 aliphatic rings. The van der Waals surface area contributed by atoms with Crippen molar-refractivity contribution in [2.45, 2.75) is 25.3 Å². The summed E-state index contributed by atoms with van der Waals surface area (Å²) in [7, 11) is 0. The Hall–Kier alpha value is -2.81. The summed E-state index contributed by atoms with van der Waals surface area (Å²) in [5.74, 6) is -0.538. The summed E-state index contributed by atoms with van der Waals surface area (Å²) >= 11 is 0. The van der Waals surface area contributed by atoms with E-state index in [9.17, 15) is 9.59 Å². The molecule has 6 N–H and O–H groups in total. The number of aliphatic carboxylic acids is 1. The Labute approximate surface area is 164 Å². The normalized spacial score (nSPS) is 18.6. The smallest absolute Gasteiger partial charge is 0.322 e. The molecule has 0 spiro atoms. The first-order valence-electron chi connectivity index (χ1n) is 9.69. The summed E-state index contributed by atoms with van der Waals surface area (Å²) in [6.07, 6.45) is 2.50. The van der Waals surface area contributed by atoms with Crippen molar-refractivity contribution >= 4 is 29.2 Å². The number of carboxylic acids is 1. The molecule has 0 aliphatic carbocycles. The van der Waals surface area contributed by atoms with Crippen LogP contribution in [0.3, 0.4) is 0 Å². The van der Waals surface area contributed by atoms with Gasteiger partial charge in [0.05, 0.1) is 0 Å². The summed E-state index contributed by atoms with van der Waals surface area (Å²) in [6, 6.07) is 7.10. The molecule has 1 unspecified atom stereocenters. The van der Waals surface area contributed by atoms with E-state index in [-0.39, 0.29) is 18.4 Å². The second kappa shape index (κ2) is 9.41. The highest BCUT2D eigenvalue weighted by Gasteiger charge is 2.26. The van der Waals surface area contributed by atoms with Crippen molar-refractivity contribution in [3.8, 4) is 0 Å². The number of nitrogens with zero attached hydrogens (tertiary/aromatic N) is 2. The number of hydrogen-bond acceptors (Lipinski definition) is 7. The molecule has 3 rings (SSSR count). The number of carbonyl (C=O) groups excluding carboxylic acids is 1. The van der Waals surface area contributed by atoms with E-state index in [1.165, 1.54) is 0 Å². The first kappa shape index (κ1) is 19.9. The number of rotatable bonds is 6. The van der Waals surface area contributed by atoms with Crippen LogP contribution in [0.4, 0.5) is 11.4 Å². The van der Waals surface area contributed by atoms with Gasteiger partial charge in [0.25, 0.3) is 0 Å². The molecule has 1 aromatic carbocycles. The van der Waals surface area contributed by atoms with Crippen LogP contribution in [0.15, 0.2) is 29.3 Å². The molecule has 0 saturated carbocycles. The van der Waals surface area contributed by atoms with E-state index in [0.717, 1.165) is 62.8 Å². The van der Waals surface area contributed by atoms with Gasteiger partial charge in [0, 0.05) is 50.0 Å². The number of nitrogens with two attached hydrogens (primary N) is 1. The third kappa shape index (κ3) is 5.35. The lowest BCUT2D eigenvalue weighted by Crippen LogP contribution is -2.46. The van der Waals surface area contributed by atoms with Crippen LogP contribution >= 0.6 is 0 Å². The van der Waals surface area contributed by atoms with Gasteiger partial charge >= 0.3 is 5.97 Å². The zero-order valence-corrected chi connectivity index (χ0v) is 15.9. The molecular weight excluding hydrogens is 360 g/mol. The van der Waals surface area contributed by atoms with Crippen LogP contribution in [-0.4, -0.2) is 61.7 Å². The Kier molecular flexibility index (Phi) is 6.70. The molecule has 9 nitrogen and oxygen atoms in total. The molecule has 28 heavy (non-hydrogen) atoms.